The third-order valence-corrected chi connectivity index (χ3v) is 6.31. The van der Waals surface area contributed by atoms with Gasteiger partial charge in [0, 0.05) is 17.7 Å². The number of hydrogen-bond acceptors (Lipinski definition) is 7. The summed E-state index contributed by atoms with van der Waals surface area (Å²) in [6.45, 7) is 0. The molecule has 1 aromatic rings. The van der Waals surface area contributed by atoms with Crippen LogP contribution in [-0.4, -0.2) is 32.9 Å². The smallest absolute Gasteiger partial charge is 0.272 e. The summed E-state index contributed by atoms with van der Waals surface area (Å²) >= 11 is 0. The summed E-state index contributed by atoms with van der Waals surface area (Å²) in [5.41, 5.74) is -0.864. The molecule has 1 aliphatic heterocycles. The Hall–Kier alpha value is -3.43. The molecule has 3 fully saturated rings. The van der Waals surface area contributed by atoms with Crippen molar-refractivity contribution in [2.45, 2.75) is 6.42 Å². The normalized spacial score (nSPS) is 34.6. The van der Waals surface area contributed by atoms with Gasteiger partial charge in [0.15, 0.2) is 0 Å². The summed E-state index contributed by atoms with van der Waals surface area (Å²) in [7, 11) is 0. The first kappa shape index (κ1) is 16.7. The second kappa shape index (κ2) is 5.54. The topological polar surface area (TPSA) is 136 Å². The predicted octanol–water partition coefficient (Wildman–Crippen LogP) is 1.89. The Bertz CT molecular complexity index is 949. The van der Waals surface area contributed by atoms with Crippen LogP contribution in [0, 0.1) is 55.7 Å². The number of amides is 2. The van der Waals surface area contributed by atoms with E-state index in [4.69, 9.17) is 0 Å². The Labute approximate surface area is 157 Å². The molecule has 0 spiro atoms. The van der Waals surface area contributed by atoms with Crippen LogP contribution in [0.15, 0.2) is 35.5 Å². The van der Waals surface area contributed by atoms with Gasteiger partial charge in [-0.3, -0.25) is 29.8 Å². The van der Waals surface area contributed by atoms with E-state index in [2.05, 4.69) is 5.10 Å². The second-order valence-electron chi connectivity index (χ2n) is 7.68. The highest BCUT2D eigenvalue weighted by molar-refractivity contribution is 6.06. The van der Waals surface area contributed by atoms with E-state index >= 15 is 0 Å². The van der Waals surface area contributed by atoms with Gasteiger partial charge in [-0.05, 0) is 30.1 Å². The molecule has 0 aromatic heterocycles. The van der Waals surface area contributed by atoms with Gasteiger partial charge in [0.2, 0.25) is 0 Å². The SMILES string of the molecule is O=C1[C@@H]2[C@H]3C=C[C@@H]([C@@H]4C[C@@H]34)[C@@H]2C(=O)N1/N=C\c1cc([N+](=O)[O-])cc([N+](=O)[O-])c1. The Balaban J connectivity index is 1.45. The maximum atomic E-state index is 12.8. The number of imide groups is 1. The number of rotatable bonds is 4. The van der Waals surface area contributed by atoms with Crippen LogP contribution in [0.25, 0.3) is 0 Å². The van der Waals surface area contributed by atoms with E-state index in [0.717, 1.165) is 35.8 Å². The summed E-state index contributed by atoms with van der Waals surface area (Å²) in [6, 6.07) is 3.05. The standard InChI is InChI=1S/C18H14N4O6/c23-17-15-11-1-2-12(14-6-13(11)14)16(15)18(24)20(17)19-7-8-3-9(21(25)26)5-10(4-8)22(27)28/h1-5,7,11-16H,6H2/b19-7-/t11-,12-,13-,14-,15-,16+/m0/s1. The van der Waals surface area contributed by atoms with Gasteiger partial charge in [0.25, 0.3) is 23.2 Å². The van der Waals surface area contributed by atoms with E-state index in [1.54, 1.807) is 0 Å². The first-order valence-corrected chi connectivity index (χ1v) is 8.91. The average molecular weight is 382 g/mol. The number of allylic oxidation sites excluding steroid dienone is 2. The van der Waals surface area contributed by atoms with Crippen molar-refractivity contribution in [3.05, 3.63) is 56.1 Å². The van der Waals surface area contributed by atoms with Crippen molar-refractivity contribution in [1.29, 1.82) is 0 Å². The molecule has 1 aromatic carbocycles. The number of carbonyl (C=O) groups is 2. The zero-order valence-corrected chi connectivity index (χ0v) is 14.4. The Morgan fingerprint density at radius 1 is 0.929 bits per heavy atom. The fourth-order valence-corrected chi connectivity index (χ4v) is 5.08. The highest BCUT2D eigenvalue weighted by Crippen LogP contribution is 2.65. The lowest BCUT2D eigenvalue weighted by atomic mass is 9.63. The van der Waals surface area contributed by atoms with Crippen molar-refractivity contribution < 1.29 is 19.4 Å². The van der Waals surface area contributed by atoms with Gasteiger partial charge in [-0.15, -0.1) is 0 Å². The number of carbonyl (C=O) groups excluding carboxylic acids is 2. The molecular formula is C18H14N4O6. The maximum absolute atomic E-state index is 12.8. The number of benzene rings is 1. The minimum Gasteiger partial charge on any atom is -0.272 e. The lowest BCUT2D eigenvalue weighted by Gasteiger charge is -2.37. The number of hydrogen-bond donors (Lipinski definition) is 0. The Morgan fingerprint density at radius 3 is 1.89 bits per heavy atom. The summed E-state index contributed by atoms with van der Waals surface area (Å²) in [5.74, 6) is -0.462. The second-order valence-corrected chi connectivity index (χ2v) is 7.68. The van der Waals surface area contributed by atoms with Crippen molar-refractivity contribution in [3.63, 3.8) is 0 Å². The van der Waals surface area contributed by atoms with Crippen LogP contribution < -0.4 is 0 Å². The fraction of sp³-hybridized carbons (Fsp3) is 0.389. The molecule has 6 rings (SSSR count). The van der Waals surface area contributed by atoms with Crippen molar-refractivity contribution in [1.82, 2.24) is 5.01 Å². The number of nitro benzene ring substituents is 2. The van der Waals surface area contributed by atoms with Gasteiger partial charge in [0.1, 0.15) is 0 Å². The van der Waals surface area contributed by atoms with Crippen LogP contribution in [-0.2, 0) is 9.59 Å². The fourth-order valence-electron chi connectivity index (χ4n) is 5.08. The minimum absolute atomic E-state index is 0.0653. The minimum atomic E-state index is -0.749. The van der Waals surface area contributed by atoms with E-state index < -0.39 is 33.1 Å². The van der Waals surface area contributed by atoms with Crippen molar-refractivity contribution in [3.8, 4) is 0 Å². The molecule has 1 heterocycles. The molecule has 28 heavy (non-hydrogen) atoms. The molecule has 1 saturated heterocycles. The quantitative estimate of drug-likeness (QED) is 0.256. The molecule has 5 aliphatic rings. The molecule has 10 heteroatoms. The van der Waals surface area contributed by atoms with Gasteiger partial charge in [0.05, 0.1) is 34.0 Å². The number of nitro groups is 2. The van der Waals surface area contributed by atoms with Crippen molar-refractivity contribution in [2.24, 2.45) is 40.6 Å². The zero-order chi connectivity index (χ0) is 19.7. The van der Waals surface area contributed by atoms with Crippen LogP contribution in [0.2, 0.25) is 0 Å². The maximum Gasteiger partial charge on any atom is 0.276 e. The summed E-state index contributed by atoms with van der Waals surface area (Å²) in [5, 5.41) is 26.8. The number of nitrogens with zero attached hydrogens (tertiary/aromatic N) is 4. The summed E-state index contributed by atoms with van der Waals surface area (Å²) in [6.07, 6.45) is 6.23. The predicted molar refractivity (Wildman–Crippen MR) is 93.9 cm³/mol. The molecule has 2 bridgehead atoms. The molecule has 2 saturated carbocycles. The third-order valence-electron chi connectivity index (χ3n) is 6.31. The number of hydrazone groups is 1. The van der Waals surface area contributed by atoms with Crippen molar-refractivity contribution in [2.75, 3.05) is 0 Å². The Morgan fingerprint density at radius 2 is 1.43 bits per heavy atom. The van der Waals surface area contributed by atoms with Gasteiger partial charge in [-0.2, -0.15) is 10.1 Å². The van der Waals surface area contributed by atoms with E-state index in [-0.39, 0.29) is 29.2 Å². The summed E-state index contributed by atoms with van der Waals surface area (Å²) in [4.78, 5) is 46.1. The van der Waals surface area contributed by atoms with Crippen LogP contribution >= 0.6 is 0 Å². The van der Waals surface area contributed by atoms with Crippen LogP contribution in [0.4, 0.5) is 11.4 Å². The van der Waals surface area contributed by atoms with Crippen LogP contribution in [0.1, 0.15) is 12.0 Å². The average Bonchev–Trinajstić information content (AvgIpc) is 3.45. The molecule has 4 aliphatic carbocycles. The molecule has 0 radical (unpaired) electrons. The molecular weight excluding hydrogens is 368 g/mol. The molecule has 10 nitrogen and oxygen atoms in total. The van der Waals surface area contributed by atoms with Crippen LogP contribution in [0.5, 0.6) is 0 Å². The van der Waals surface area contributed by atoms with E-state index in [0.29, 0.717) is 11.8 Å². The molecule has 6 atom stereocenters. The lowest BCUT2D eigenvalue weighted by Crippen LogP contribution is -2.40. The molecule has 2 amide bonds. The van der Waals surface area contributed by atoms with Gasteiger partial charge >= 0.3 is 0 Å². The van der Waals surface area contributed by atoms with Gasteiger partial charge in [-0.1, -0.05) is 12.2 Å². The number of non-ortho nitro benzene ring substituents is 2. The van der Waals surface area contributed by atoms with Gasteiger partial charge in [-0.25, -0.2) is 0 Å². The first-order chi connectivity index (χ1) is 13.4. The van der Waals surface area contributed by atoms with Crippen LogP contribution in [0.3, 0.4) is 0 Å². The zero-order valence-electron chi connectivity index (χ0n) is 14.4. The largest absolute Gasteiger partial charge is 0.276 e. The lowest BCUT2D eigenvalue weighted by molar-refractivity contribution is -0.394. The molecule has 0 unspecified atom stereocenters. The van der Waals surface area contributed by atoms with Gasteiger partial charge < -0.3 is 0 Å². The molecule has 142 valence electrons. The summed E-state index contributed by atoms with van der Waals surface area (Å²) < 4.78 is 0. The highest BCUT2D eigenvalue weighted by Gasteiger charge is 2.67. The molecule has 0 N–H and O–H groups in total. The van der Waals surface area contributed by atoms with E-state index in [9.17, 15) is 29.8 Å². The van der Waals surface area contributed by atoms with E-state index in [1.807, 2.05) is 12.2 Å². The highest BCUT2D eigenvalue weighted by atomic mass is 16.6. The Kier molecular flexibility index (Phi) is 3.31. The third kappa shape index (κ3) is 2.23. The first-order valence-electron chi connectivity index (χ1n) is 8.91. The van der Waals surface area contributed by atoms with Crippen molar-refractivity contribution >= 4 is 29.4 Å². The monoisotopic (exact) mass is 382 g/mol. The van der Waals surface area contributed by atoms with E-state index in [1.165, 1.54) is 0 Å².